The van der Waals surface area contributed by atoms with E-state index >= 15 is 0 Å². The minimum Gasteiger partial charge on any atom is -0.395 e. The van der Waals surface area contributed by atoms with Crippen LogP contribution in [0.2, 0.25) is 0 Å². The third-order valence-electron chi connectivity index (χ3n) is 3.18. The molecule has 0 aliphatic carbocycles. The molecule has 1 amide bonds. The second kappa shape index (κ2) is 5.93. The number of aliphatic hydroxyl groups is 1. The molecule has 1 aliphatic rings. The third kappa shape index (κ3) is 3.27. The first-order valence-electron chi connectivity index (χ1n) is 6.09. The fourth-order valence-electron chi connectivity index (χ4n) is 2.23. The lowest BCUT2D eigenvalue weighted by Crippen LogP contribution is -2.38. The van der Waals surface area contributed by atoms with Crippen molar-refractivity contribution in [3.8, 4) is 0 Å². The Hall–Kier alpha value is -1.46. The summed E-state index contributed by atoms with van der Waals surface area (Å²) in [4.78, 5) is 13.8. The molecule has 1 atom stereocenters. The quantitative estimate of drug-likeness (QED) is 0.847. The molecule has 0 saturated carbocycles. The summed E-state index contributed by atoms with van der Waals surface area (Å²) in [5, 5.41) is 11.9. The van der Waals surface area contributed by atoms with Crippen molar-refractivity contribution >= 4 is 11.6 Å². The van der Waals surface area contributed by atoms with Gasteiger partial charge >= 0.3 is 0 Å². The molecule has 18 heavy (non-hydrogen) atoms. The van der Waals surface area contributed by atoms with Crippen LogP contribution in [0.3, 0.4) is 0 Å². The van der Waals surface area contributed by atoms with E-state index in [1.165, 1.54) is 24.3 Å². The smallest absolute Gasteiger partial charge is 0.238 e. The zero-order valence-electron chi connectivity index (χ0n) is 10.1. The van der Waals surface area contributed by atoms with Gasteiger partial charge in [0.2, 0.25) is 5.91 Å². The van der Waals surface area contributed by atoms with E-state index in [-0.39, 0.29) is 30.9 Å². The first kappa shape index (κ1) is 13.0. The monoisotopic (exact) mass is 252 g/mol. The molecule has 5 heteroatoms. The van der Waals surface area contributed by atoms with Gasteiger partial charge < -0.3 is 10.4 Å². The maximum atomic E-state index is 12.7. The molecule has 98 valence electrons. The van der Waals surface area contributed by atoms with Crippen LogP contribution in [0.15, 0.2) is 24.3 Å². The van der Waals surface area contributed by atoms with Gasteiger partial charge in [0.1, 0.15) is 5.82 Å². The molecule has 0 radical (unpaired) electrons. The van der Waals surface area contributed by atoms with Gasteiger partial charge in [-0.05, 0) is 43.7 Å². The van der Waals surface area contributed by atoms with Gasteiger partial charge in [-0.25, -0.2) is 4.39 Å². The van der Waals surface area contributed by atoms with Crippen LogP contribution in [0.4, 0.5) is 10.1 Å². The van der Waals surface area contributed by atoms with Crippen LogP contribution >= 0.6 is 0 Å². The highest BCUT2D eigenvalue weighted by molar-refractivity contribution is 5.92. The summed E-state index contributed by atoms with van der Waals surface area (Å²) in [5.74, 6) is -0.463. The number of hydrogen-bond acceptors (Lipinski definition) is 3. The molecule has 0 bridgehead atoms. The van der Waals surface area contributed by atoms with Crippen LogP contribution in [0.5, 0.6) is 0 Å². The highest BCUT2D eigenvalue weighted by Gasteiger charge is 2.25. The normalized spacial score (nSPS) is 20.0. The molecule has 2 N–H and O–H groups in total. The van der Waals surface area contributed by atoms with Crippen molar-refractivity contribution in [3.05, 3.63) is 30.1 Å². The Labute approximate surface area is 105 Å². The number of benzene rings is 1. The summed E-state index contributed by atoms with van der Waals surface area (Å²) in [7, 11) is 0. The Morgan fingerprint density at radius 1 is 1.44 bits per heavy atom. The predicted octanol–water partition coefficient (Wildman–Crippen LogP) is 1.22. The highest BCUT2D eigenvalue weighted by atomic mass is 19.1. The highest BCUT2D eigenvalue weighted by Crippen LogP contribution is 2.16. The van der Waals surface area contributed by atoms with Gasteiger partial charge in [-0.2, -0.15) is 0 Å². The van der Waals surface area contributed by atoms with Crippen LogP contribution in [0.1, 0.15) is 12.8 Å². The number of hydrogen-bond donors (Lipinski definition) is 2. The van der Waals surface area contributed by atoms with Crippen molar-refractivity contribution in [3.63, 3.8) is 0 Å². The summed E-state index contributed by atoms with van der Waals surface area (Å²) in [5.41, 5.74) is 0.584. The van der Waals surface area contributed by atoms with Gasteiger partial charge in [0.25, 0.3) is 0 Å². The van der Waals surface area contributed by atoms with E-state index in [0.717, 1.165) is 19.4 Å². The summed E-state index contributed by atoms with van der Waals surface area (Å²) < 4.78 is 12.7. The van der Waals surface area contributed by atoms with Gasteiger partial charge in [0, 0.05) is 11.7 Å². The number of carbonyl (C=O) groups excluding carboxylic acids is 1. The lowest BCUT2D eigenvalue weighted by atomic mass is 10.2. The van der Waals surface area contributed by atoms with E-state index in [1.54, 1.807) is 0 Å². The maximum Gasteiger partial charge on any atom is 0.238 e. The third-order valence-corrected chi connectivity index (χ3v) is 3.18. The average Bonchev–Trinajstić information content (AvgIpc) is 2.79. The van der Waals surface area contributed by atoms with Gasteiger partial charge in [-0.15, -0.1) is 0 Å². The predicted molar refractivity (Wildman–Crippen MR) is 66.7 cm³/mol. The molecule has 0 spiro atoms. The summed E-state index contributed by atoms with van der Waals surface area (Å²) in [6.45, 7) is 1.19. The first-order valence-corrected chi connectivity index (χ1v) is 6.09. The molecule has 1 saturated heterocycles. The lowest BCUT2D eigenvalue weighted by molar-refractivity contribution is -0.117. The van der Waals surface area contributed by atoms with E-state index in [2.05, 4.69) is 5.32 Å². The van der Waals surface area contributed by atoms with E-state index < -0.39 is 0 Å². The van der Waals surface area contributed by atoms with Gasteiger partial charge in [0.05, 0.1) is 13.2 Å². The maximum absolute atomic E-state index is 12.7. The molecule has 1 unspecified atom stereocenters. The van der Waals surface area contributed by atoms with Crippen LogP contribution < -0.4 is 5.32 Å². The van der Waals surface area contributed by atoms with Crippen molar-refractivity contribution in [2.75, 3.05) is 25.0 Å². The van der Waals surface area contributed by atoms with E-state index in [9.17, 15) is 9.18 Å². The van der Waals surface area contributed by atoms with Gasteiger partial charge in [0.15, 0.2) is 0 Å². The fraction of sp³-hybridized carbons (Fsp3) is 0.462. The summed E-state index contributed by atoms with van der Waals surface area (Å²) in [6.07, 6.45) is 1.94. The van der Waals surface area contributed by atoms with Crippen LogP contribution in [0, 0.1) is 5.82 Å². The largest absolute Gasteiger partial charge is 0.395 e. The molecular formula is C13H17FN2O2. The number of rotatable bonds is 4. The van der Waals surface area contributed by atoms with Gasteiger partial charge in [-0.1, -0.05) is 0 Å². The Bertz CT molecular complexity index is 408. The van der Waals surface area contributed by atoms with Crippen molar-refractivity contribution in [1.82, 2.24) is 4.90 Å². The first-order chi connectivity index (χ1) is 8.69. The number of amides is 1. The molecular weight excluding hydrogens is 235 g/mol. The van der Waals surface area contributed by atoms with Gasteiger partial charge in [-0.3, -0.25) is 9.69 Å². The topological polar surface area (TPSA) is 52.6 Å². The summed E-state index contributed by atoms with van der Waals surface area (Å²) in [6, 6.07) is 5.76. The Balaban J connectivity index is 1.86. The van der Waals surface area contributed by atoms with Crippen LogP contribution in [-0.2, 0) is 4.79 Å². The number of likely N-dealkylation sites (tertiary alicyclic amines) is 1. The molecule has 1 aliphatic heterocycles. The Morgan fingerprint density at radius 2 is 2.17 bits per heavy atom. The number of aliphatic hydroxyl groups excluding tert-OH is 1. The van der Waals surface area contributed by atoms with Crippen LogP contribution in [0.25, 0.3) is 0 Å². The SMILES string of the molecule is O=C(CN1CCCC1CO)Nc1ccc(F)cc1. The molecule has 1 fully saturated rings. The molecule has 1 heterocycles. The van der Waals surface area contributed by atoms with E-state index in [0.29, 0.717) is 5.69 Å². The number of anilines is 1. The zero-order chi connectivity index (χ0) is 13.0. The zero-order valence-corrected chi connectivity index (χ0v) is 10.1. The Kier molecular flexibility index (Phi) is 4.28. The molecule has 1 aromatic carbocycles. The van der Waals surface area contributed by atoms with Crippen molar-refractivity contribution in [2.45, 2.75) is 18.9 Å². The minimum atomic E-state index is -0.326. The summed E-state index contributed by atoms with van der Waals surface area (Å²) >= 11 is 0. The van der Waals surface area contributed by atoms with Crippen molar-refractivity contribution in [1.29, 1.82) is 0 Å². The molecule has 0 aromatic heterocycles. The standard InChI is InChI=1S/C13H17FN2O2/c14-10-3-5-11(6-4-10)15-13(18)8-16-7-1-2-12(16)9-17/h3-6,12,17H,1-2,7-9H2,(H,15,18). The number of nitrogens with zero attached hydrogens (tertiary/aromatic N) is 1. The Morgan fingerprint density at radius 3 is 2.83 bits per heavy atom. The van der Waals surface area contributed by atoms with E-state index in [1.807, 2.05) is 4.90 Å². The second-order valence-electron chi connectivity index (χ2n) is 4.50. The minimum absolute atomic E-state index is 0.0870. The molecule has 4 nitrogen and oxygen atoms in total. The second-order valence-corrected chi connectivity index (χ2v) is 4.50. The molecule has 1 aromatic rings. The molecule has 2 rings (SSSR count). The lowest BCUT2D eigenvalue weighted by Gasteiger charge is -2.21. The number of halogens is 1. The van der Waals surface area contributed by atoms with Crippen LogP contribution in [-0.4, -0.2) is 41.7 Å². The average molecular weight is 252 g/mol. The number of nitrogens with one attached hydrogen (secondary N) is 1. The fourth-order valence-corrected chi connectivity index (χ4v) is 2.23. The van der Waals surface area contributed by atoms with E-state index in [4.69, 9.17) is 5.11 Å². The number of carbonyl (C=O) groups is 1. The van der Waals surface area contributed by atoms with Crippen molar-refractivity contribution in [2.24, 2.45) is 0 Å². The van der Waals surface area contributed by atoms with Crippen molar-refractivity contribution < 1.29 is 14.3 Å².